The first-order chi connectivity index (χ1) is 15.0. The summed E-state index contributed by atoms with van der Waals surface area (Å²) in [6, 6.07) is 11.8. The Hall–Kier alpha value is -3.30. The number of carbonyl (C=O) groups is 2. The zero-order valence-electron chi connectivity index (χ0n) is 17.0. The van der Waals surface area contributed by atoms with Crippen molar-refractivity contribution in [1.29, 1.82) is 0 Å². The van der Waals surface area contributed by atoms with Crippen LogP contribution in [0.5, 0.6) is 0 Å². The van der Waals surface area contributed by atoms with Crippen molar-refractivity contribution < 1.29 is 14.0 Å². The number of hydrogen-bond donors (Lipinski definition) is 2. The van der Waals surface area contributed by atoms with E-state index >= 15 is 0 Å². The van der Waals surface area contributed by atoms with Crippen LogP contribution in [-0.2, 0) is 17.8 Å². The van der Waals surface area contributed by atoms with E-state index in [2.05, 4.69) is 39.7 Å². The number of amides is 2. The van der Waals surface area contributed by atoms with Crippen LogP contribution >= 0.6 is 22.7 Å². The van der Waals surface area contributed by atoms with E-state index in [9.17, 15) is 9.59 Å². The van der Waals surface area contributed by atoms with Crippen molar-refractivity contribution in [3.8, 4) is 22.0 Å². The second-order valence-electron chi connectivity index (χ2n) is 6.76. The molecule has 0 atom stereocenters. The normalized spacial score (nSPS) is 10.8. The second kappa shape index (κ2) is 9.23. The molecule has 0 fully saturated rings. The minimum atomic E-state index is -0.306. The number of nitrogens with one attached hydrogen (secondary N) is 2. The van der Waals surface area contributed by atoms with Gasteiger partial charge in [-0.1, -0.05) is 31.2 Å². The van der Waals surface area contributed by atoms with Crippen LogP contribution in [0.4, 0.5) is 5.13 Å². The minimum absolute atomic E-state index is 0.125. The van der Waals surface area contributed by atoms with Crippen molar-refractivity contribution in [3.63, 3.8) is 0 Å². The smallest absolute Gasteiger partial charge is 0.276 e. The van der Waals surface area contributed by atoms with Crippen LogP contribution < -0.4 is 10.6 Å². The van der Waals surface area contributed by atoms with Crippen LogP contribution in [0.25, 0.3) is 22.0 Å². The van der Waals surface area contributed by atoms with Gasteiger partial charge in [0.05, 0.1) is 6.54 Å². The summed E-state index contributed by atoms with van der Waals surface area (Å²) in [7, 11) is 0. The zero-order chi connectivity index (χ0) is 21.8. The Labute approximate surface area is 187 Å². The maximum Gasteiger partial charge on any atom is 0.276 e. The van der Waals surface area contributed by atoms with Crippen LogP contribution in [0.3, 0.4) is 0 Å². The molecule has 0 aliphatic rings. The summed E-state index contributed by atoms with van der Waals surface area (Å²) in [5.74, 6) is 0.772. The molecule has 0 aliphatic heterocycles. The number of anilines is 1. The van der Waals surface area contributed by atoms with Crippen molar-refractivity contribution in [2.24, 2.45) is 0 Å². The molecule has 4 rings (SSSR count). The highest BCUT2D eigenvalue weighted by atomic mass is 32.1. The lowest BCUT2D eigenvalue weighted by atomic mass is 10.1. The Kier molecular flexibility index (Phi) is 6.24. The molecule has 0 unspecified atom stereocenters. The van der Waals surface area contributed by atoms with E-state index in [1.54, 1.807) is 22.9 Å². The van der Waals surface area contributed by atoms with E-state index in [1.165, 1.54) is 35.2 Å². The monoisotopic (exact) mass is 452 g/mol. The molecule has 0 bridgehead atoms. The fraction of sp³-hybridized carbons (Fsp3) is 0.182. The van der Waals surface area contributed by atoms with Gasteiger partial charge in [-0.25, -0.2) is 9.97 Å². The number of hydrogen-bond acceptors (Lipinski definition) is 7. The van der Waals surface area contributed by atoms with Gasteiger partial charge < -0.3 is 9.73 Å². The summed E-state index contributed by atoms with van der Waals surface area (Å²) in [6.07, 6.45) is 0.982. The van der Waals surface area contributed by atoms with E-state index in [-0.39, 0.29) is 11.8 Å². The van der Waals surface area contributed by atoms with E-state index in [0.717, 1.165) is 17.0 Å². The number of aromatic nitrogens is 2. The van der Waals surface area contributed by atoms with Gasteiger partial charge in [0.25, 0.3) is 5.91 Å². The molecule has 2 N–H and O–H groups in total. The van der Waals surface area contributed by atoms with E-state index in [1.807, 2.05) is 12.1 Å². The van der Waals surface area contributed by atoms with Crippen LogP contribution in [0, 0.1) is 0 Å². The van der Waals surface area contributed by atoms with Crippen molar-refractivity contribution in [2.75, 3.05) is 5.32 Å². The third-order valence-corrected chi connectivity index (χ3v) is 6.15. The maximum atomic E-state index is 12.6. The Morgan fingerprint density at radius 1 is 1.03 bits per heavy atom. The van der Waals surface area contributed by atoms with Crippen molar-refractivity contribution in [3.05, 3.63) is 64.2 Å². The number of carbonyl (C=O) groups excluding carboxylic acids is 2. The van der Waals surface area contributed by atoms with Gasteiger partial charge in [0, 0.05) is 23.2 Å². The number of aryl methyl sites for hydroxylation is 1. The summed E-state index contributed by atoms with van der Waals surface area (Å²) < 4.78 is 5.70. The number of furan rings is 1. The number of rotatable bonds is 7. The molecule has 31 heavy (non-hydrogen) atoms. The van der Waals surface area contributed by atoms with Crippen LogP contribution in [0.2, 0.25) is 0 Å². The molecule has 0 aliphatic carbocycles. The van der Waals surface area contributed by atoms with Crippen LogP contribution in [0.1, 0.15) is 35.7 Å². The van der Waals surface area contributed by atoms with Gasteiger partial charge in [0.15, 0.2) is 10.9 Å². The Balaban J connectivity index is 1.41. The van der Waals surface area contributed by atoms with Gasteiger partial charge >= 0.3 is 0 Å². The van der Waals surface area contributed by atoms with E-state index in [0.29, 0.717) is 34.6 Å². The molecular weight excluding hydrogens is 432 g/mol. The lowest BCUT2D eigenvalue weighted by Crippen LogP contribution is -2.18. The topological polar surface area (TPSA) is 97.1 Å². The molecule has 158 valence electrons. The molecule has 7 nitrogen and oxygen atoms in total. The summed E-state index contributed by atoms with van der Waals surface area (Å²) in [5, 5.41) is 10.3. The molecule has 0 saturated heterocycles. The molecule has 1 aromatic carbocycles. The molecule has 3 heterocycles. The molecule has 0 radical (unpaired) electrons. The number of nitrogens with zero attached hydrogens (tertiary/aromatic N) is 2. The third kappa shape index (κ3) is 5.07. The SMILES string of the molecule is CCc1ccc(-c2nc(C(=O)Nc3nc(-c4ccc(CNC(C)=O)o4)cs3)cs2)cc1. The van der Waals surface area contributed by atoms with Crippen molar-refractivity contribution >= 4 is 39.6 Å². The fourth-order valence-corrected chi connectivity index (χ4v) is 4.32. The van der Waals surface area contributed by atoms with Gasteiger partial charge in [0.1, 0.15) is 22.2 Å². The summed E-state index contributed by atoms with van der Waals surface area (Å²) in [5.41, 5.74) is 3.22. The molecule has 2 amide bonds. The van der Waals surface area contributed by atoms with Crippen molar-refractivity contribution in [1.82, 2.24) is 15.3 Å². The highest BCUT2D eigenvalue weighted by Crippen LogP contribution is 2.28. The lowest BCUT2D eigenvalue weighted by molar-refractivity contribution is -0.119. The highest BCUT2D eigenvalue weighted by Gasteiger charge is 2.15. The molecule has 9 heteroatoms. The fourth-order valence-electron chi connectivity index (χ4n) is 2.82. The van der Waals surface area contributed by atoms with Gasteiger partial charge in [0.2, 0.25) is 5.91 Å². The van der Waals surface area contributed by atoms with E-state index in [4.69, 9.17) is 4.42 Å². The van der Waals surface area contributed by atoms with Gasteiger partial charge in [-0.05, 0) is 24.1 Å². The Morgan fingerprint density at radius 2 is 1.84 bits per heavy atom. The van der Waals surface area contributed by atoms with E-state index < -0.39 is 0 Å². The van der Waals surface area contributed by atoms with Gasteiger partial charge in [-0.2, -0.15) is 0 Å². The molecule has 0 spiro atoms. The predicted octanol–water partition coefficient (Wildman–Crippen LogP) is 4.98. The standard InChI is InChI=1S/C22H20N4O3S2/c1-3-14-4-6-15(7-5-14)21-24-18(12-30-21)20(28)26-22-25-17(11-31-22)19-9-8-16(29-19)10-23-13(2)27/h4-9,11-12H,3,10H2,1-2H3,(H,23,27)(H,25,26,28). The van der Waals surface area contributed by atoms with Crippen molar-refractivity contribution in [2.45, 2.75) is 26.8 Å². The second-order valence-corrected chi connectivity index (χ2v) is 8.47. The number of thiazole rings is 2. The molecule has 4 aromatic rings. The first-order valence-electron chi connectivity index (χ1n) is 9.67. The molecule has 0 saturated carbocycles. The predicted molar refractivity (Wildman–Crippen MR) is 122 cm³/mol. The number of benzene rings is 1. The lowest BCUT2D eigenvalue weighted by Gasteiger charge is -1.99. The Bertz CT molecular complexity index is 1210. The minimum Gasteiger partial charge on any atom is -0.458 e. The van der Waals surface area contributed by atoms with Crippen LogP contribution in [-0.4, -0.2) is 21.8 Å². The zero-order valence-corrected chi connectivity index (χ0v) is 18.6. The quantitative estimate of drug-likeness (QED) is 0.412. The summed E-state index contributed by atoms with van der Waals surface area (Å²) in [6.45, 7) is 3.88. The molecule has 3 aromatic heterocycles. The largest absolute Gasteiger partial charge is 0.458 e. The maximum absolute atomic E-state index is 12.6. The highest BCUT2D eigenvalue weighted by molar-refractivity contribution is 7.14. The van der Waals surface area contributed by atoms with Gasteiger partial charge in [-0.3, -0.25) is 14.9 Å². The first kappa shape index (κ1) is 21.0. The average molecular weight is 453 g/mol. The summed E-state index contributed by atoms with van der Waals surface area (Å²) in [4.78, 5) is 32.5. The average Bonchev–Trinajstić information content (AvgIpc) is 3.52. The summed E-state index contributed by atoms with van der Waals surface area (Å²) >= 11 is 2.74. The first-order valence-corrected chi connectivity index (χ1v) is 11.4. The van der Waals surface area contributed by atoms with Gasteiger partial charge in [-0.15, -0.1) is 22.7 Å². The third-order valence-electron chi connectivity index (χ3n) is 4.50. The Morgan fingerprint density at radius 3 is 2.58 bits per heavy atom. The van der Waals surface area contributed by atoms with Crippen LogP contribution in [0.15, 0.2) is 51.6 Å². The molecular formula is C22H20N4O3S2.